The second-order valence-corrected chi connectivity index (χ2v) is 13.0. The first-order valence-corrected chi connectivity index (χ1v) is 14.4. The molecule has 3 atom stereocenters. The van der Waals surface area contributed by atoms with Crippen molar-refractivity contribution in [2.45, 2.75) is 52.4 Å². The summed E-state index contributed by atoms with van der Waals surface area (Å²) < 4.78 is 2.90. The van der Waals surface area contributed by atoms with E-state index in [-0.39, 0.29) is 5.91 Å². The van der Waals surface area contributed by atoms with Crippen LogP contribution in [0.3, 0.4) is 0 Å². The van der Waals surface area contributed by atoms with E-state index in [1.807, 2.05) is 22.9 Å². The van der Waals surface area contributed by atoms with E-state index in [4.69, 9.17) is 28.3 Å². The van der Waals surface area contributed by atoms with Gasteiger partial charge >= 0.3 is 0 Å². The fourth-order valence-corrected chi connectivity index (χ4v) is 7.84. The quantitative estimate of drug-likeness (QED) is 0.338. The average molecular weight is 587 g/mol. The molecule has 1 N–H and O–H groups in total. The van der Waals surface area contributed by atoms with E-state index in [0.717, 1.165) is 52.2 Å². The molecule has 3 saturated carbocycles. The van der Waals surface area contributed by atoms with E-state index in [0.29, 0.717) is 39.5 Å². The number of hydrogen-bond acceptors (Lipinski definition) is 2. The summed E-state index contributed by atoms with van der Waals surface area (Å²) in [6.07, 6.45) is 6.47. The first-order chi connectivity index (χ1) is 17.2. The number of nitrogens with zero attached hydrogens (tertiary/aromatic N) is 2. The number of hydrogen-bond donors (Lipinski definition) is 1. The van der Waals surface area contributed by atoms with Crippen LogP contribution in [0.25, 0.3) is 16.9 Å². The molecule has 3 unspecified atom stereocenters. The van der Waals surface area contributed by atoms with Gasteiger partial charge in [0.2, 0.25) is 0 Å². The van der Waals surface area contributed by atoms with Crippen molar-refractivity contribution in [3.8, 4) is 16.9 Å². The number of aromatic nitrogens is 2. The molecule has 0 radical (unpaired) electrons. The molecular formula is C29H30BrCl2N3O. The molecule has 1 aromatic heterocycles. The van der Waals surface area contributed by atoms with Gasteiger partial charge in [0.1, 0.15) is 0 Å². The number of carbonyl (C=O) groups excluding carboxylic acids is 1. The zero-order valence-corrected chi connectivity index (χ0v) is 23.7. The lowest BCUT2D eigenvalue weighted by molar-refractivity contribution is -0.103. The van der Waals surface area contributed by atoms with E-state index in [1.165, 1.54) is 24.8 Å². The maximum Gasteiger partial charge on any atom is 0.272 e. The minimum atomic E-state index is -0.0881. The number of halogens is 3. The van der Waals surface area contributed by atoms with Gasteiger partial charge in [-0.05, 0) is 97.6 Å². The Morgan fingerprint density at radius 3 is 2.75 bits per heavy atom. The number of fused-ring (bicyclic) bond motifs is 5. The zero-order valence-electron chi connectivity index (χ0n) is 20.6. The van der Waals surface area contributed by atoms with Gasteiger partial charge in [0, 0.05) is 27.2 Å². The van der Waals surface area contributed by atoms with Gasteiger partial charge in [-0.3, -0.25) is 4.79 Å². The molecule has 0 aliphatic heterocycles. The summed E-state index contributed by atoms with van der Waals surface area (Å²) in [5, 5.41) is 9.25. The highest BCUT2D eigenvalue weighted by Crippen LogP contribution is 2.61. The van der Waals surface area contributed by atoms with Gasteiger partial charge in [-0.15, -0.1) is 0 Å². The Bertz CT molecular complexity index is 1360. The normalized spacial score (nSPS) is 23.8. The second kappa shape index (κ2) is 9.18. The Hall–Kier alpha value is -1.82. The maximum atomic E-state index is 13.7. The molecule has 36 heavy (non-hydrogen) atoms. The molecule has 1 amide bonds. The zero-order chi connectivity index (χ0) is 25.2. The highest BCUT2D eigenvalue weighted by molar-refractivity contribution is 9.10. The molecule has 188 valence electrons. The minimum Gasteiger partial charge on any atom is -0.350 e. The van der Waals surface area contributed by atoms with Gasteiger partial charge in [0.25, 0.3) is 5.91 Å². The molecule has 3 fully saturated rings. The average Bonchev–Trinajstić information content (AvgIpc) is 3.11. The van der Waals surface area contributed by atoms with E-state index in [2.05, 4.69) is 47.2 Å². The topological polar surface area (TPSA) is 46.9 Å². The van der Waals surface area contributed by atoms with Crippen molar-refractivity contribution < 1.29 is 4.79 Å². The molecule has 3 aromatic rings. The molecule has 4 aliphatic rings. The van der Waals surface area contributed by atoms with Crippen LogP contribution < -0.4 is 5.32 Å². The van der Waals surface area contributed by atoms with Crippen molar-refractivity contribution in [2.24, 2.45) is 23.2 Å². The summed E-state index contributed by atoms with van der Waals surface area (Å²) in [6, 6.07) is 11.7. The van der Waals surface area contributed by atoms with E-state index < -0.39 is 0 Å². The largest absolute Gasteiger partial charge is 0.350 e. The van der Waals surface area contributed by atoms with Crippen LogP contribution in [0.5, 0.6) is 0 Å². The summed E-state index contributed by atoms with van der Waals surface area (Å²) in [6.45, 7) is 5.51. The van der Waals surface area contributed by atoms with Crippen molar-refractivity contribution >= 4 is 45.0 Å². The van der Waals surface area contributed by atoms with Crippen molar-refractivity contribution in [3.05, 3.63) is 67.7 Å². The highest BCUT2D eigenvalue weighted by atomic mass is 79.9. The number of nitrogens with one attached hydrogen (secondary N) is 1. The summed E-state index contributed by atoms with van der Waals surface area (Å²) in [5.74, 6) is 2.00. The van der Waals surface area contributed by atoms with Crippen LogP contribution in [0.1, 0.15) is 61.1 Å². The van der Waals surface area contributed by atoms with Crippen molar-refractivity contribution in [1.82, 2.24) is 15.1 Å². The summed E-state index contributed by atoms with van der Waals surface area (Å²) in [7, 11) is 0. The first-order valence-electron chi connectivity index (χ1n) is 12.9. The first kappa shape index (κ1) is 24.5. The summed E-state index contributed by atoms with van der Waals surface area (Å²) in [4.78, 5) is 13.7. The molecule has 1 heterocycles. The van der Waals surface area contributed by atoms with Gasteiger partial charge in [0.05, 0.1) is 16.4 Å². The number of aryl methyl sites for hydroxylation is 1. The highest BCUT2D eigenvalue weighted by Gasteiger charge is 2.54. The molecular weight excluding hydrogens is 557 g/mol. The van der Waals surface area contributed by atoms with Gasteiger partial charge in [0.15, 0.2) is 5.69 Å². The standard InChI is InChI=1S/C29H30BrCl2N3O/c1-29(2)18-7-6-17(23(29)13-18)15-33-28(36)26-22-5-3-4-16-12-19(30)8-10-21(16)27(22)35(34-26)25-11-9-20(31)14-24(25)32/h8-12,14,17-18,23H,3-7,13,15H2,1-2H3,(H,33,36). The number of carbonyl (C=O) groups is 1. The van der Waals surface area contributed by atoms with Crippen LogP contribution in [-0.2, 0) is 12.8 Å². The molecule has 4 aliphatic carbocycles. The molecule has 0 saturated heterocycles. The SMILES string of the molecule is CC1(C)C2CCC(CNC(=O)c3nn(-c4ccc(Cl)cc4Cl)c4c3CCCc3cc(Br)ccc3-4)C1C2. The predicted octanol–water partition coefficient (Wildman–Crippen LogP) is 7.90. The Morgan fingerprint density at radius 1 is 1.17 bits per heavy atom. The van der Waals surface area contributed by atoms with Crippen LogP contribution in [0, 0.1) is 23.2 Å². The fourth-order valence-electron chi connectivity index (χ4n) is 6.94. The van der Waals surface area contributed by atoms with Crippen molar-refractivity contribution in [2.75, 3.05) is 6.54 Å². The predicted molar refractivity (Wildman–Crippen MR) is 149 cm³/mol. The third kappa shape index (κ3) is 4.02. The molecule has 2 aromatic carbocycles. The lowest BCUT2D eigenvalue weighted by atomic mass is 9.45. The maximum absolute atomic E-state index is 13.7. The summed E-state index contributed by atoms with van der Waals surface area (Å²) in [5.41, 5.74) is 5.91. The van der Waals surface area contributed by atoms with Crippen LogP contribution in [0.2, 0.25) is 10.0 Å². The van der Waals surface area contributed by atoms with E-state index in [1.54, 1.807) is 6.07 Å². The molecule has 2 bridgehead atoms. The monoisotopic (exact) mass is 585 g/mol. The van der Waals surface area contributed by atoms with Crippen LogP contribution in [0.15, 0.2) is 40.9 Å². The number of rotatable bonds is 4. The number of benzene rings is 2. The van der Waals surface area contributed by atoms with Gasteiger partial charge in [-0.25, -0.2) is 4.68 Å². The Kier molecular flexibility index (Phi) is 6.25. The lowest BCUT2D eigenvalue weighted by Gasteiger charge is -2.60. The van der Waals surface area contributed by atoms with Crippen LogP contribution in [0.4, 0.5) is 0 Å². The Labute approximate surface area is 230 Å². The van der Waals surface area contributed by atoms with Gasteiger partial charge in [-0.2, -0.15) is 5.10 Å². The minimum absolute atomic E-state index is 0.0881. The third-order valence-electron chi connectivity index (χ3n) is 9.06. The third-order valence-corrected chi connectivity index (χ3v) is 10.1. The van der Waals surface area contributed by atoms with Gasteiger partial charge in [-0.1, -0.05) is 59.0 Å². The molecule has 4 nitrogen and oxygen atoms in total. The Morgan fingerprint density at radius 2 is 2.00 bits per heavy atom. The van der Waals surface area contributed by atoms with Crippen molar-refractivity contribution in [1.29, 1.82) is 0 Å². The second-order valence-electron chi connectivity index (χ2n) is 11.2. The van der Waals surface area contributed by atoms with Crippen LogP contribution in [-0.4, -0.2) is 22.2 Å². The lowest BCUT2D eigenvalue weighted by Crippen LogP contribution is -2.54. The molecule has 7 heteroatoms. The number of amides is 1. The summed E-state index contributed by atoms with van der Waals surface area (Å²) >= 11 is 16.5. The van der Waals surface area contributed by atoms with Crippen LogP contribution >= 0.6 is 39.1 Å². The van der Waals surface area contributed by atoms with E-state index in [9.17, 15) is 4.79 Å². The van der Waals surface area contributed by atoms with Gasteiger partial charge < -0.3 is 5.32 Å². The fraction of sp³-hybridized carbons (Fsp3) is 0.448. The van der Waals surface area contributed by atoms with E-state index >= 15 is 0 Å². The smallest absolute Gasteiger partial charge is 0.272 e. The molecule has 0 spiro atoms. The Balaban J connectivity index is 1.39. The molecule has 7 rings (SSSR count). The van der Waals surface area contributed by atoms with Crippen molar-refractivity contribution in [3.63, 3.8) is 0 Å².